The summed E-state index contributed by atoms with van der Waals surface area (Å²) < 4.78 is 30.1. The van der Waals surface area contributed by atoms with Crippen molar-refractivity contribution in [2.75, 3.05) is 38.3 Å². The van der Waals surface area contributed by atoms with Gasteiger partial charge in [0.15, 0.2) is 0 Å². The average Bonchev–Trinajstić information content (AvgIpc) is 2.45. The number of nitrogens with zero attached hydrogens (tertiary/aromatic N) is 1. The van der Waals surface area contributed by atoms with E-state index in [1.165, 1.54) is 6.26 Å². The Balaban J connectivity index is 1.92. The number of anilines is 1. The Morgan fingerprint density at radius 2 is 2.19 bits per heavy atom. The molecule has 0 radical (unpaired) electrons. The molecule has 1 saturated heterocycles. The Labute approximate surface area is 127 Å². The fourth-order valence-electron chi connectivity index (χ4n) is 2.75. The van der Waals surface area contributed by atoms with Gasteiger partial charge in [0.1, 0.15) is 5.75 Å². The molecule has 1 aromatic carbocycles. The summed E-state index contributed by atoms with van der Waals surface area (Å²) in [5, 5.41) is 3.40. The molecule has 1 unspecified atom stereocenters. The van der Waals surface area contributed by atoms with Crippen LogP contribution in [0.15, 0.2) is 18.2 Å². The minimum atomic E-state index is -3.07. The molecular formula is C15H24N2O3S. The molecule has 1 N–H and O–H groups in total. The quantitative estimate of drug-likeness (QED) is 0.904. The van der Waals surface area contributed by atoms with Crippen molar-refractivity contribution >= 4 is 15.7 Å². The van der Waals surface area contributed by atoms with Crippen LogP contribution in [0.3, 0.4) is 0 Å². The molecule has 0 amide bonds. The van der Waals surface area contributed by atoms with E-state index in [9.17, 15) is 8.42 Å². The highest BCUT2D eigenvalue weighted by atomic mass is 32.2. The maximum absolute atomic E-state index is 11.6. The van der Waals surface area contributed by atoms with Crippen molar-refractivity contribution in [3.8, 4) is 5.75 Å². The molecule has 1 aromatic rings. The number of aryl methyl sites for hydroxylation is 1. The molecular weight excluding hydrogens is 288 g/mol. The molecule has 0 spiro atoms. The topological polar surface area (TPSA) is 58.6 Å². The van der Waals surface area contributed by atoms with Crippen LogP contribution in [-0.2, 0) is 10.0 Å². The molecule has 6 heteroatoms. The first-order chi connectivity index (χ1) is 9.90. The van der Waals surface area contributed by atoms with E-state index in [-0.39, 0.29) is 0 Å². The van der Waals surface area contributed by atoms with Crippen molar-refractivity contribution in [2.24, 2.45) is 5.92 Å². The van der Waals surface area contributed by atoms with Gasteiger partial charge in [-0.15, -0.1) is 0 Å². The number of rotatable bonds is 5. The van der Waals surface area contributed by atoms with Gasteiger partial charge in [-0.3, -0.25) is 0 Å². The SMILES string of the molecule is COc1ccc(NCC2CCCN(S(C)(=O)=O)C2)cc1C. The van der Waals surface area contributed by atoms with Gasteiger partial charge in [0.05, 0.1) is 13.4 Å². The third-order valence-electron chi connectivity index (χ3n) is 3.94. The number of piperidine rings is 1. The number of sulfonamides is 1. The summed E-state index contributed by atoms with van der Waals surface area (Å²) in [7, 11) is -1.40. The minimum absolute atomic E-state index is 0.357. The third kappa shape index (κ3) is 4.35. The molecule has 0 aliphatic carbocycles. The maximum atomic E-state index is 11.6. The van der Waals surface area contributed by atoms with Crippen molar-refractivity contribution in [3.05, 3.63) is 23.8 Å². The van der Waals surface area contributed by atoms with Crippen molar-refractivity contribution in [2.45, 2.75) is 19.8 Å². The van der Waals surface area contributed by atoms with Gasteiger partial charge < -0.3 is 10.1 Å². The Morgan fingerprint density at radius 3 is 2.81 bits per heavy atom. The first-order valence-electron chi connectivity index (χ1n) is 7.24. The highest BCUT2D eigenvalue weighted by Gasteiger charge is 2.25. The molecule has 2 rings (SSSR count). The largest absolute Gasteiger partial charge is 0.496 e. The lowest BCUT2D eigenvalue weighted by atomic mass is 9.99. The Hall–Kier alpha value is -1.27. The molecule has 1 fully saturated rings. The molecule has 21 heavy (non-hydrogen) atoms. The molecule has 1 aliphatic rings. The summed E-state index contributed by atoms with van der Waals surface area (Å²) in [5.74, 6) is 1.23. The highest BCUT2D eigenvalue weighted by Crippen LogP contribution is 2.23. The zero-order valence-corrected chi connectivity index (χ0v) is 13.7. The van der Waals surface area contributed by atoms with Crippen LogP contribution < -0.4 is 10.1 Å². The van der Waals surface area contributed by atoms with Crippen LogP contribution in [0.1, 0.15) is 18.4 Å². The molecule has 0 saturated carbocycles. The summed E-state index contributed by atoms with van der Waals surface area (Å²) in [6.07, 6.45) is 3.28. The van der Waals surface area contributed by atoms with Crippen LogP contribution in [0.25, 0.3) is 0 Å². The monoisotopic (exact) mass is 312 g/mol. The van der Waals surface area contributed by atoms with Gasteiger partial charge in [0, 0.05) is 25.3 Å². The van der Waals surface area contributed by atoms with Gasteiger partial charge in [-0.2, -0.15) is 0 Å². The lowest BCUT2D eigenvalue weighted by Crippen LogP contribution is -2.41. The fraction of sp³-hybridized carbons (Fsp3) is 0.600. The van der Waals surface area contributed by atoms with Crippen LogP contribution in [0.2, 0.25) is 0 Å². The molecule has 118 valence electrons. The zero-order chi connectivity index (χ0) is 15.5. The van der Waals surface area contributed by atoms with Gasteiger partial charge in [-0.1, -0.05) is 0 Å². The Morgan fingerprint density at radius 1 is 1.43 bits per heavy atom. The van der Waals surface area contributed by atoms with Crippen molar-refractivity contribution in [3.63, 3.8) is 0 Å². The van der Waals surface area contributed by atoms with Gasteiger partial charge in [-0.25, -0.2) is 12.7 Å². The van der Waals surface area contributed by atoms with E-state index in [0.717, 1.165) is 36.4 Å². The van der Waals surface area contributed by atoms with Crippen LogP contribution in [0, 0.1) is 12.8 Å². The summed E-state index contributed by atoms with van der Waals surface area (Å²) in [6, 6.07) is 5.99. The van der Waals surface area contributed by atoms with E-state index in [1.54, 1.807) is 11.4 Å². The lowest BCUT2D eigenvalue weighted by Gasteiger charge is -2.31. The second-order valence-corrected chi connectivity index (χ2v) is 7.68. The van der Waals surface area contributed by atoms with Gasteiger partial charge in [0.25, 0.3) is 0 Å². The Kier molecular flexibility index (Phi) is 5.11. The molecule has 1 heterocycles. The number of nitrogens with one attached hydrogen (secondary N) is 1. The molecule has 1 aliphatic heterocycles. The predicted octanol–water partition coefficient (Wildman–Crippen LogP) is 2.09. The van der Waals surface area contributed by atoms with E-state index in [0.29, 0.717) is 19.0 Å². The second kappa shape index (κ2) is 6.66. The number of hydrogen-bond acceptors (Lipinski definition) is 4. The standard InChI is InChI=1S/C15H24N2O3S/c1-12-9-14(6-7-15(12)20-2)16-10-13-5-4-8-17(11-13)21(3,18)19/h6-7,9,13,16H,4-5,8,10-11H2,1-3H3. The fourth-order valence-corrected chi connectivity index (χ4v) is 3.69. The first-order valence-corrected chi connectivity index (χ1v) is 9.08. The third-order valence-corrected chi connectivity index (χ3v) is 5.21. The van der Waals surface area contributed by atoms with Crippen LogP contribution >= 0.6 is 0 Å². The first kappa shape index (κ1) is 16.1. The summed E-state index contributed by atoms with van der Waals surface area (Å²) >= 11 is 0. The number of ether oxygens (including phenoxy) is 1. The number of methoxy groups -OCH3 is 1. The average molecular weight is 312 g/mol. The highest BCUT2D eigenvalue weighted by molar-refractivity contribution is 7.88. The molecule has 5 nitrogen and oxygen atoms in total. The van der Waals surface area contributed by atoms with Crippen molar-refractivity contribution < 1.29 is 13.2 Å². The summed E-state index contributed by atoms with van der Waals surface area (Å²) in [4.78, 5) is 0. The van der Waals surface area contributed by atoms with Crippen LogP contribution in [0.5, 0.6) is 5.75 Å². The van der Waals surface area contributed by atoms with Crippen molar-refractivity contribution in [1.82, 2.24) is 4.31 Å². The maximum Gasteiger partial charge on any atom is 0.211 e. The summed E-state index contributed by atoms with van der Waals surface area (Å²) in [6.45, 7) is 4.06. The van der Waals surface area contributed by atoms with Gasteiger partial charge >= 0.3 is 0 Å². The number of benzene rings is 1. The molecule has 1 atom stereocenters. The zero-order valence-electron chi connectivity index (χ0n) is 12.9. The van der Waals surface area contributed by atoms with Gasteiger partial charge in [-0.05, 0) is 49.4 Å². The van der Waals surface area contributed by atoms with E-state index in [2.05, 4.69) is 11.4 Å². The van der Waals surface area contributed by atoms with E-state index in [1.807, 2.05) is 19.1 Å². The van der Waals surface area contributed by atoms with Crippen LogP contribution in [-0.4, -0.2) is 45.7 Å². The number of hydrogen-bond donors (Lipinski definition) is 1. The smallest absolute Gasteiger partial charge is 0.211 e. The normalized spacial score (nSPS) is 20.2. The van der Waals surface area contributed by atoms with E-state index >= 15 is 0 Å². The minimum Gasteiger partial charge on any atom is -0.496 e. The van der Waals surface area contributed by atoms with Gasteiger partial charge in [0.2, 0.25) is 10.0 Å². The molecule has 0 bridgehead atoms. The summed E-state index contributed by atoms with van der Waals surface area (Å²) in [5.41, 5.74) is 2.13. The van der Waals surface area contributed by atoms with E-state index in [4.69, 9.17) is 4.74 Å². The molecule has 0 aromatic heterocycles. The van der Waals surface area contributed by atoms with Crippen molar-refractivity contribution in [1.29, 1.82) is 0 Å². The van der Waals surface area contributed by atoms with Crippen LogP contribution in [0.4, 0.5) is 5.69 Å². The Bertz CT molecular complexity index is 587. The van der Waals surface area contributed by atoms with E-state index < -0.39 is 10.0 Å². The predicted molar refractivity (Wildman–Crippen MR) is 85.4 cm³/mol. The lowest BCUT2D eigenvalue weighted by molar-refractivity contribution is 0.277. The second-order valence-electron chi connectivity index (χ2n) is 5.69.